The van der Waals surface area contributed by atoms with E-state index in [1.165, 1.54) is 0 Å². The molecule has 0 unspecified atom stereocenters. The summed E-state index contributed by atoms with van der Waals surface area (Å²) >= 11 is 0. The van der Waals surface area contributed by atoms with Crippen molar-refractivity contribution >= 4 is 17.4 Å². The molecule has 3 N–H and O–H groups in total. The Labute approximate surface area is 189 Å². The average Bonchev–Trinajstić information content (AvgIpc) is 3.01. The summed E-state index contributed by atoms with van der Waals surface area (Å²) in [6.07, 6.45) is 5.71. The fraction of sp³-hybridized carbons (Fsp3) is 0.520. The van der Waals surface area contributed by atoms with Crippen molar-refractivity contribution < 1.29 is 9.90 Å². The summed E-state index contributed by atoms with van der Waals surface area (Å²) in [6.45, 7) is 6.13. The molecule has 0 bridgehead atoms. The van der Waals surface area contributed by atoms with Gasteiger partial charge in [-0.1, -0.05) is 32.0 Å². The number of nitrogens with zero attached hydrogens (tertiary/aromatic N) is 3. The Morgan fingerprint density at radius 3 is 2.81 bits per heavy atom. The summed E-state index contributed by atoms with van der Waals surface area (Å²) in [6, 6.07) is 10.2. The maximum Gasteiger partial charge on any atom is 0.234 e. The van der Waals surface area contributed by atoms with Crippen LogP contribution in [0.25, 0.3) is 0 Å². The minimum Gasteiger partial charge on any atom is -0.393 e. The van der Waals surface area contributed by atoms with Crippen molar-refractivity contribution in [2.75, 3.05) is 10.6 Å². The van der Waals surface area contributed by atoms with Gasteiger partial charge in [0.1, 0.15) is 23.3 Å². The maximum absolute atomic E-state index is 12.6. The SMILES string of the molecule is CC1(C)C[C@H](Nc2nc(CCC[C@]3(C)C(=O)Nc4ccccc43)ncc2C#N)CC[C@@H]1O. The largest absolute Gasteiger partial charge is 0.393 e. The smallest absolute Gasteiger partial charge is 0.234 e. The number of carbonyl (C=O) groups excluding carboxylic acids is 1. The van der Waals surface area contributed by atoms with Crippen LogP contribution in [0.4, 0.5) is 11.5 Å². The highest BCUT2D eigenvalue weighted by atomic mass is 16.3. The zero-order valence-electron chi connectivity index (χ0n) is 19.0. The van der Waals surface area contributed by atoms with Gasteiger partial charge in [0.15, 0.2) is 0 Å². The highest BCUT2D eigenvalue weighted by molar-refractivity contribution is 6.05. The van der Waals surface area contributed by atoms with Gasteiger partial charge in [-0.25, -0.2) is 9.97 Å². The molecule has 1 amide bonds. The molecule has 7 heteroatoms. The van der Waals surface area contributed by atoms with Crippen LogP contribution < -0.4 is 10.6 Å². The minimum absolute atomic E-state index is 0.0314. The molecule has 1 aliphatic heterocycles. The number of nitriles is 1. The van der Waals surface area contributed by atoms with E-state index in [-0.39, 0.29) is 23.5 Å². The van der Waals surface area contributed by atoms with Crippen molar-refractivity contribution in [3.8, 4) is 6.07 Å². The third-order valence-electron chi connectivity index (χ3n) is 7.11. The first-order valence-corrected chi connectivity index (χ1v) is 11.3. The molecule has 1 aliphatic carbocycles. The summed E-state index contributed by atoms with van der Waals surface area (Å²) < 4.78 is 0. The topological polar surface area (TPSA) is 111 Å². The fourth-order valence-corrected chi connectivity index (χ4v) is 4.97. The van der Waals surface area contributed by atoms with E-state index in [1.54, 1.807) is 6.20 Å². The van der Waals surface area contributed by atoms with Crippen LogP contribution in [-0.2, 0) is 16.6 Å². The molecule has 4 rings (SSSR count). The molecular formula is C25H31N5O2. The van der Waals surface area contributed by atoms with Gasteiger partial charge >= 0.3 is 0 Å². The Kier molecular flexibility index (Phi) is 5.91. The van der Waals surface area contributed by atoms with Crippen molar-refractivity contribution in [1.82, 2.24) is 9.97 Å². The second kappa shape index (κ2) is 8.51. The molecular weight excluding hydrogens is 402 g/mol. The maximum atomic E-state index is 12.6. The van der Waals surface area contributed by atoms with Crippen LogP contribution in [0, 0.1) is 16.7 Å². The van der Waals surface area contributed by atoms with E-state index in [1.807, 2.05) is 31.2 Å². The molecule has 1 aromatic carbocycles. The number of aryl methyl sites for hydroxylation is 1. The average molecular weight is 434 g/mol. The number of hydrogen-bond acceptors (Lipinski definition) is 6. The lowest BCUT2D eigenvalue weighted by Gasteiger charge is -2.40. The van der Waals surface area contributed by atoms with Gasteiger partial charge in [-0.3, -0.25) is 4.79 Å². The lowest BCUT2D eigenvalue weighted by molar-refractivity contribution is -0.120. The molecule has 0 radical (unpaired) electrons. The van der Waals surface area contributed by atoms with Crippen LogP contribution >= 0.6 is 0 Å². The quantitative estimate of drug-likeness (QED) is 0.636. The molecule has 0 saturated heterocycles. The number of aromatic nitrogens is 2. The number of aliphatic hydroxyl groups excluding tert-OH is 1. The molecule has 2 aliphatic rings. The normalized spacial score (nSPS) is 26.2. The monoisotopic (exact) mass is 433 g/mol. The number of aliphatic hydroxyl groups is 1. The summed E-state index contributed by atoms with van der Waals surface area (Å²) in [7, 11) is 0. The molecule has 2 heterocycles. The number of rotatable bonds is 6. The number of carbonyl (C=O) groups is 1. The molecule has 0 spiro atoms. The predicted octanol–water partition coefficient (Wildman–Crippen LogP) is 3.93. The zero-order chi connectivity index (χ0) is 22.9. The van der Waals surface area contributed by atoms with Gasteiger partial charge in [-0.15, -0.1) is 0 Å². The first kappa shape index (κ1) is 22.2. The molecule has 7 nitrogen and oxygen atoms in total. The third-order valence-corrected chi connectivity index (χ3v) is 7.11. The summed E-state index contributed by atoms with van der Waals surface area (Å²) in [4.78, 5) is 21.7. The van der Waals surface area contributed by atoms with Gasteiger partial charge in [0.2, 0.25) is 5.91 Å². The molecule has 3 atom stereocenters. The van der Waals surface area contributed by atoms with Gasteiger partial charge in [0, 0.05) is 18.2 Å². The first-order chi connectivity index (χ1) is 15.2. The van der Waals surface area contributed by atoms with Gasteiger partial charge in [-0.05, 0) is 56.1 Å². The van der Waals surface area contributed by atoms with E-state index in [9.17, 15) is 15.2 Å². The Morgan fingerprint density at radius 1 is 1.28 bits per heavy atom. The van der Waals surface area contributed by atoms with Gasteiger partial charge in [0.25, 0.3) is 0 Å². The number of hydrogen-bond donors (Lipinski definition) is 3. The number of nitrogens with one attached hydrogen (secondary N) is 2. The van der Waals surface area contributed by atoms with E-state index in [2.05, 4.69) is 40.5 Å². The summed E-state index contributed by atoms with van der Waals surface area (Å²) in [5.41, 5.74) is 1.62. The summed E-state index contributed by atoms with van der Waals surface area (Å²) in [5, 5.41) is 26.1. The highest BCUT2D eigenvalue weighted by Crippen LogP contribution is 2.41. The minimum atomic E-state index is -0.557. The number of benzene rings is 1. The van der Waals surface area contributed by atoms with Gasteiger partial charge in [0.05, 0.1) is 17.7 Å². The zero-order valence-corrected chi connectivity index (χ0v) is 19.0. The Bertz CT molecular complexity index is 1060. The first-order valence-electron chi connectivity index (χ1n) is 11.3. The molecule has 1 saturated carbocycles. The van der Waals surface area contributed by atoms with Crippen molar-refractivity contribution in [3.63, 3.8) is 0 Å². The third kappa shape index (κ3) is 4.20. The van der Waals surface area contributed by atoms with Gasteiger partial charge in [-0.2, -0.15) is 5.26 Å². The molecule has 168 valence electrons. The second-order valence-electron chi connectivity index (χ2n) is 9.97. The van der Waals surface area contributed by atoms with Crippen LogP contribution in [0.15, 0.2) is 30.5 Å². The van der Waals surface area contributed by atoms with E-state index in [4.69, 9.17) is 0 Å². The molecule has 1 fully saturated rings. The number of anilines is 2. The predicted molar refractivity (Wildman–Crippen MR) is 123 cm³/mol. The number of amides is 1. The van der Waals surface area contributed by atoms with Crippen LogP contribution in [0.2, 0.25) is 0 Å². The Balaban J connectivity index is 1.43. The van der Waals surface area contributed by atoms with E-state index in [0.29, 0.717) is 30.0 Å². The van der Waals surface area contributed by atoms with E-state index < -0.39 is 5.41 Å². The molecule has 32 heavy (non-hydrogen) atoms. The van der Waals surface area contributed by atoms with Crippen LogP contribution in [0.5, 0.6) is 0 Å². The summed E-state index contributed by atoms with van der Waals surface area (Å²) in [5.74, 6) is 1.26. The Morgan fingerprint density at radius 2 is 2.06 bits per heavy atom. The van der Waals surface area contributed by atoms with E-state index >= 15 is 0 Å². The van der Waals surface area contributed by atoms with Crippen molar-refractivity contribution in [3.05, 3.63) is 47.4 Å². The lowest BCUT2D eigenvalue weighted by atomic mass is 9.73. The highest BCUT2D eigenvalue weighted by Gasteiger charge is 2.41. The van der Waals surface area contributed by atoms with E-state index in [0.717, 1.165) is 36.9 Å². The van der Waals surface area contributed by atoms with Crippen LogP contribution in [0.3, 0.4) is 0 Å². The van der Waals surface area contributed by atoms with Crippen molar-refractivity contribution in [1.29, 1.82) is 5.26 Å². The fourth-order valence-electron chi connectivity index (χ4n) is 4.97. The van der Waals surface area contributed by atoms with Crippen molar-refractivity contribution in [2.24, 2.45) is 5.41 Å². The molecule has 1 aromatic heterocycles. The van der Waals surface area contributed by atoms with Gasteiger partial charge < -0.3 is 15.7 Å². The van der Waals surface area contributed by atoms with Crippen LogP contribution in [0.1, 0.15) is 69.8 Å². The lowest BCUT2D eigenvalue weighted by Crippen LogP contribution is -2.41. The standard InChI is InChI=1S/C25H31N5O2/c1-24(2)13-17(10-11-20(24)31)28-22-16(14-26)15-27-21(30-22)9-6-12-25(3)18-7-4-5-8-19(18)29-23(25)32/h4-5,7-8,15,17,20,31H,6,9-13H2,1-3H3,(H,29,32)(H,27,28,30)/t17-,20+,25+/m1/s1. The number of para-hydroxylation sites is 1. The van der Waals surface area contributed by atoms with Crippen molar-refractivity contribution in [2.45, 2.75) is 76.9 Å². The molecule has 2 aromatic rings. The number of fused-ring (bicyclic) bond motifs is 1. The van der Waals surface area contributed by atoms with Crippen LogP contribution in [-0.4, -0.2) is 33.1 Å². The second-order valence-corrected chi connectivity index (χ2v) is 9.97. The Hall–Kier alpha value is -2.98.